The Hall–Kier alpha value is -5.33. The number of pyridine rings is 1. The molecule has 50 heavy (non-hydrogen) atoms. The van der Waals surface area contributed by atoms with Crippen LogP contribution >= 0.6 is 0 Å². The number of carboxylic acid groups (broad SMARTS) is 1. The lowest BCUT2D eigenvalue weighted by atomic mass is 9.90. The molecule has 0 saturated carbocycles. The van der Waals surface area contributed by atoms with E-state index in [-0.39, 0.29) is 41.8 Å². The average molecular weight is 686 g/mol. The molecule has 0 bridgehead atoms. The third-order valence-corrected chi connectivity index (χ3v) is 9.75. The van der Waals surface area contributed by atoms with Gasteiger partial charge in [-0.05, 0) is 44.0 Å². The molecule has 1 spiro atoms. The minimum atomic E-state index is -2.99. The molecule has 258 valence electrons. The van der Waals surface area contributed by atoms with Gasteiger partial charge in [0.1, 0.15) is 40.2 Å². The number of para-hydroxylation sites is 1. The Morgan fingerprint density at radius 3 is 2.70 bits per heavy atom. The fourth-order valence-corrected chi connectivity index (χ4v) is 6.86. The smallest absolute Gasteiger partial charge is 0.326 e. The Bertz CT molecular complexity index is 2170. The maximum Gasteiger partial charge on any atom is 0.326 e. The summed E-state index contributed by atoms with van der Waals surface area (Å²) in [6.45, 7) is 5.95. The molecule has 3 aliphatic heterocycles. The first-order valence-electron chi connectivity index (χ1n) is 16.2. The van der Waals surface area contributed by atoms with Crippen LogP contribution in [0.25, 0.3) is 22.1 Å². The zero-order chi connectivity index (χ0) is 34.7. The molecule has 0 amide bonds. The highest BCUT2D eigenvalue weighted by molar-refractivity contribution is 6.06. The molecular weight excluding hydrogens is 652 g/mol. The molecule has 1 aromatic carbocycles. The molecular formula is C35H33F2N7O6. The summed E-state index contributed by atoms with van der Waals surface area (Å²) < 4.78 is 54.1. The fraction of sp³-hybridized carbons (Fsp3) is 0.400. The van der Waals surface area contributed by atoms with E-state index in [1.54, 1.807) is 35.1 Å². The highest BCUT2D eigenvalue weighted by Crippen LogP contribution is 2.41. The Labute approximate surface area is 284 Å². The minimum absolute atomic E-state index is 0.0148. The summed E-state index contributed by atoms with van der Waals surface area (Å²) in [5.41, 5.74) is 3.17. The van der Waals surface area contributed by atoms with Gasteiger partial charge in [0.15, 0.2) is 17.2 Å². The minimum Gasteiger partial charge on any atom is -0.480 e. The molecule has 8 rings (SSSR count). The van der Waals surface area contributed by atoms with Crippen LogP contribution in [0.2, 0.25) is 0 Å². The molecule has 15 heteroatoms. The monoisotopic (exact) mass is 685 g/mol. The second-order valence-electron chi connectivity index (χ2n) is 12.8. The van der Waals surface area contributed by atoms with Crippen molar-refractivity contribution in [1.29, 1.82) is 0 Å². The summed E-state index contributed by atoms with van der Waals surface area (Å²) >= 11 is 0. The fourth-order valence-electron chi connectivity index (χ4n) is 6.86. The number of halogens is 2. The second kappa shape index (κ2) is 12.2. The van der Waals surface area contributed by atoms with Gasteiger partial charge in [-0.25, -0.2) is 28.5 Å². The van der Waals surface area contributed by atoms with Crippen LogP contribution in [-0.4, -0.2) is 92.5 Å². The molecule has 0 aliphatic carbocycles. The van der Waals surface area contributed by atoms with Crippen LogP contribution in [-0.2, 0) is 21.3 Å². The Morgan fingerprint density at radius 2 is 1.98 bits per heavy atom. The van der Waals surface area contributed by atoms with Crippen LogP contribution in [0.1, 0.15) is 42.5 Å². The lowest BCUT2D eigenvalue weighted by Crippen LogP contribution is -2.68. The SMILES string of the molecule is Cc1cc(C#Cc2cnc(O[C@H]3C[C@@H](C(=O)O)N(c4nc(C(F)F)nc5c4oc4ccccc45)C3)c(N3CCOC4(COC4)[C@@H]3C)c2)nn1C. The number of carbonyl (C=O) groups is 1. The maximum atomic E-state index is 14.1. The highest BCUT2D eigenvalue weighted by atomic mass is 19.3. The van der Waals surface area contributed by atoms with E-state index < -0.39 is 36.0 Å². The van der Waals surface area contributed by atoms with Gasteiger partial charge in [-0.3, -0.25) is 4.68 Å². The quantitative estimate of drug-likeness (QED) is 0.256. The number of alkyl halides is 2. The van der Waals surface area contributed by atoms with E-state index in [1.807, 2.05) is 26.1 Å². The topological polar surface area (TPSA) is 141 Å². The van der Waals surface area contributed by atoms with Crippen molar-refractivity contribution in [2.75, 3.05) is 42.7 Å². The number of rotatable bonds is 6. The van der Waals surface area contributed by atoms with Crippen LogP contribution in [0, 0.1) is 18.8 Å². The van der Waals surface area contributed by atoms with Gasteiger partial charge in [0, 0.05) is 42.9 Å². The van der Waals surface area contributed by atoms with E-state index >= 15 is 0 Å². The van der Waals surface area contributed by atoms with Crippen molar-refractivity contribution in [1.82, 2.24) is 24.7 Å². The highest BCUT2D eigenvalue weighted by Gasteiger charge is 2.50. The summed E-state index contributed by atoms with van der Waals surface area (Å²) in [6.07, 6.45) is -2.05. The lowest BCUT2D eigenvalue weighted by molar-refractivity contribution is -0.228. The van der Waals surface area contributed by atoms with Crippen molar-refractivity contribution in [3.05, 3.63) is 65.4 Å². The van der Waals surface area contributed by atoms with Crippen molar-refractivity contribution in [2.45, 2.75) is 50.5 Å². The number of ether oxygens (including phenoxy) is 3. The summed E-state index contributed by atoms with van der Waals surface area (Å²) in [5, 5.41) is 15.3. The molecule has 3 saturated heterocycles. The number of benzene rings is 1. The zero-order valence-electron chi connectivity index (χ0n) is 27.5. The summed E-state index contributed by atoms with van der Waals surface area (Å²) in [4.78, 5) is 29.1. The second-order valence-corrected chi connectivity index (χ2v) is 12.8. The van der Waals surface area contributed by atoms with E-state index in [1.165, 1.54) is 4.90 Å². The third kappa shape index (κ3) is 5.44. The Kier molecular flexibility index (Phi) is 7.80. The average Bonchev–Trinajstić information content (AvgIpc) is 3.77. The van der Waals surface area contributed by atoms with Gasteiger partial charge < -0.3 is 33.5 Å². The van der Waals surface area contributed by atoms with Gasteiger partial charge in [-0.2, -0.15) is 5.10 Å². The van der Waals surface area contributed by atoms with E-state index in [0.717, 1.165) is 5.69 Å². The number of carboxylic acids is 1. The molecule has 3 fully saturated rings. The molecule has 7 heterocycles. The third-order valence-electron chi connectivity index (χ3n) is 9.75. The summed E-state index contributed by atoms with van der Waals surface area (Å²) in [7, 11) is 1.85. The normalized spacial score (nSPS) is 21.5. The first-order chi connectivity index (χ1) is 24.1. The number of anilines is 2. The number of aromatic nitrogens is 5. The van der Waals surface area contributed by atoms with Gasteiger partial charge in [-0.15, -0.1) is 0 Å². The van der Waals surface area contributed by atoms with E-state index in [0.29, 0.717) is 54.3 Å². The van der Waals surface area contributed by atoms with Crippen LogP contribution in [0.3, 0.4) is 0 Å². The lowest BCUT2D eigenvalue weighted by Gasteiger charge is -2.53. The van der Waals surface area contributed by atoms with Crippen molar-refractivity contribution in [3.63, 3.8) is 0 Å². The van der Waals surface area contributed by atoms with Gasteiger partial charge >= 0.3 is 5.97 Å². The molecule has 4 aromatic heterocycles. The van der Waals surface area contributed by atoms with Crippen molar-refractivity contribution in [2.24, 2.45) is 7.05 Å². The Morgan fingerprint density at radius 1 is 1.16 bits per heavy atom. The van der Waals surface area contributed by atoms with Gasteiger partial charge in [-0.1, -0.05) is 18.1 Å². The molecule has 5 aromatic rings. The van der Waals surface area contributed by atoms with Crippen molar-refractivity contribution >= 4 is 39.5 Å². The van der Waals surface area contributed by atoms with Crippen molar-refractivity contribution < 1.29 is 37.3 Å². The number of morpholine rings is 1. The predicted molar refractivity (Wildman–Crippen MR) is 177 cm³/mol. The predicted octanol–water partition coefficient (Wildman–Crippen LogP) is 4.26. The molecule has 0 radical (unpaired) electrons. The molecule has 3 aliphatic rings. The number of nitrogens with zero attached hydrogens (tertiary/aromatic N) is 7. The number of furan rings is 1. The molecule has 13 nitrogen and oxygen atoms in total. The van der Waals surface area contributed by atoms with Crippen LogP contribution in [0.15, 0.2) is 47.0 Å². The van der Waals surface area contributed by atoms with E-state index in [2.05, 4.69) is 43.7 Å². The van der Waals surface area contributed by atoms with Gasteiger partial charge in [0.25, 0.3) is 6.43 Å². The maximum absolute atomic E-state index is 14.1. The zero-order valence-corrected chi connectivity index (χ0v) is 27.5. The molecule has 0 unspecified atom stereocenters. The van der Waals surface area contributed by atoms with E-state index in [4.69, 9.17) is 18.6 Å². The number of fused-ring (bicyclic) bond motifs is 3. The summed E-state index contributed by atoms with van der Waals surface area (Å²) in [5.74, 6) is 4.64. The van der Waals surface area contributed by atoms with Crippen LogP contribution in [0.4, 0.5) is 20.3 Å². The summed E-state index contributed by atoms with van der Waals surface area (Å²) in [6, 6.07) is 9.45. The number of aliphatic carboxylic acids is 1. The molecule has 1 N–H and O–H groups in total. The van der Waals surface area contributed by atoms with Gasteiger partial charge in [0.05, 0.1) is 32.4 Å². The van der Waals surface area contributed by atoms with E-state index in [9.17, 15) is 18.7 Å². The van der Waals surface area contributed by atoms with Crippen LogP contribution < -0.4 is 14.5 Å². The number of aryl methyl sites for hydroxylation is 2. The van der Waals surface area contributed by atoms with Gasteiger partial charge in [0.2, 0.25) is 5.88 Å². The van der Waals surface area contributed by atoms with Crippen molar-refractivity contribution in [3.8, 4) is 17.7 Å². The standard InChI is InChI=1S/C35H33F2N7O6/c1-19-12-22(41-42(19)3)9-8-21-13-25(43-10-11-48-35(20(43)2)17-47-18-35)33(38-15-21)49-23-14-26(34(45)46)44(16-23)32-29-28(39-31(40-32)30(36)37)24-6-4-5-7-27(24)50-29/h4-7,12-13,15,20,23,26,30H,10-11,14,16-18H2,1-3H3,(H,45,46)/t20-,23-,26-/m0/s1. The van der Waals surface area contributed by atoms with Crippen LogP contribution in [0.5, 0.6) is 5.88 Å². The first kappa shape index (κ1) is 31.9. The largest absolute Gasteiger partial charge is 0.480 e. The first-order valence-corrected chi connectivity index (χ1v) is 16.2. The molecule has 3 atom stereocenters. The number of hydrogen-bond acceptors (Lipinski definition) is 11. The Balaban J connectivity index is 1.15. The number of hydrogen-bond donors (Lipinski definition) is 1.